The Balaban J connectivity index is 1.86. The summed E-state index contributed by atoms with van der Waals surface area (Å²) in [6.07, 6.45) is 2.02. The highest BCUT2D eigenvalue weighted by Crippen LogP contribution is 2.28. The zero-order valence-corrected chi connectivity index (χ0v) is 11.1. The van der Waals surface area contributed by atoms with Crippen molar-refractivity contribution in [2.24, 2.45) is 20.0 Å². The number of hydrogen-bond acceptors (Lipinski definition) is 2. The molecule has 2 aromatic rings. The van der Waals surface area contributed by atoms with E-state index in [0.29, 0.717) is 6.54 Å². The summed E-state index contributed by atoms with van der Waals surface area (Å²) < 4.78 is 3.25. The van der Waals surface area contributed by atoms with Crippen LogP contribution in [-0.2, 0) is 25.4 Å². The Bertz CT molecular complexity index is 707. The molecule has 1 aliphatic rings. The van der Waals surface area contributed by atoms with Gasteiger partial charge in [0.25, 0.3) is 0 Å². The van der Waals surface area contributed by atoms with Crippen molar-refractivity contribution in [3.63, 3.8) is 0 Å². The lowest BCUT2D eigenvalue weighted by Gasteiger charge is -2.05. The van der Waals surface area contributed by atoms with E-state index < -0.39 is 0 Å². The number of benzene rings is 1. The van der Waals surface area contributed by atoms with Gasteiger partial charge in [-0.05, 0) is 30.5 Å². The van der Waals surface area contributed by atoms with Gasteiger partial charge >= 0.3 is 5.69 Å². The molecule has 1 N–H and O–H groups in total. The van der Waals surface area contributed by atoms with Crippen LogP contribution in [0.2, 0.25) is 0 Å². The third-order valence-corrected chi connectivity index (χ3v) is 3.75. The van der Waals surface area contributed by atoms with Crippen LogP contribution >= 0.6 is 0 Å². The molecule has 1 fully saturated rings. The second-order valence-corrected chi connectivity index (χ2v) is 5.22. The predicted octanol–water partition coefficient (Wildman–Crippen LogP) is 0.903. The van der Waals surface area contributed by atoms with Gasteiger partial charge in [-0.1, -0.05) is 6.07 Å². The first-order chi connectivity index (χ1) is 9.08. The summed E-state index contributed by atoms with van der Waals surface area (Å²) in [6.45, 7) is 0.522. The van der Waals surface area contributed by atoms with Gasteiger partial charge in [0.15, 0.2) is 0 Å². The Labute approximate surface area is 110 Å². The van der Waals surface area contributed by atoms with E-state index in [-0.39, 0.29) is 17.5 Å². The molecule has 0 radical (unpaired) electrons. The number of fused-ring (bicyclic) bond motifs is 1. The molecule has 0 atom stereocenters. The largest absolute Gasteiger partial charge is 0.352 e. The van der Waals surface area contributed by atoms with Crippen LogP contribution in [0.4, 0.5) is 0 Å². The summed E-state index contributed by atoms with van der Waals surface area (Å²) in [5.41, 5.74) is 2.78. The van der Waals surface area contributed by atoms with Gasteiger partial charge in [0, 0.05) is 26.6 Å². The van der Waals surface area contributed by atoms with E-state index in [4.69, 9.17) is 0 Å². The highest BCUT2D eigenvalue weighted by molar-refractivity contribution is 5.81. The lowest BCUT2D eigenvalue weighted by molar-refractivity contribution is -0.122. The summed E-state index contributed by atoms with van der Waals surface area (Å²) in [4.78, 5) is 23.4. The zero-order valence-electron chi connectivity index (χ0n) is 11.1. The second-order valence-electron chi connectivity index (χ2n) is 5.22. The van der Waals surface area contributed by atoms with Gasteiger partial charge in [-0.3, -0.25) is 13.9 Å². The van der Waals surface area contributed by atoms with Crippen LogP contribution < -0.4 is 11.0 Å². The number of aromatic nitrogens is 2. The summed E-state index contributed by atoms with van der Waals surface area (Å²) in [5.74, 6) is 0.367. The first-order valence-electron chi connectivity index (χ1n) is 6.50. The number of hydrogen-bond donors (Lipinski definition) is 1. The smallest absolute Gasteiger partial charge is 0.328 e. The van der Waals surface area contributed by atoms with Gasteiger partial charge in [0.05, 0.1) is 11.0 Å². The normalized spacial score (nSPS) is 14.8. The first kappa shape index (κ1) is 12.0. The molecule has 0 saturated heterocycles. The van der Waals surface area contributed by atoms with Crippen LogP contribution in [0.5, 0.6) is 0 Å². The molecular weight excluding hydrogens is 242 g/mol. The maximum absolute atomic E-state index is 11.8. The van der Waals surface area contributed by atoms with Crippen molar-refractivity contribution in [1.82, 2.24) is 14.5 Å². The number of imidazole rings is 1. The summed E-state index contributed by atoms with van der Waals surface area (Å²) in [6, 6.07) is 5.84. The Morgan fingerprint density at radius 3 is 2.63 bits per heavy atom. The summed E-state index contributed by atoms with van der Waals surface area (Å²) in [5, 5.41) is 2.93. The van der Waals surface area contributed by atoms with Crippen molar-refractivity contribution >= 4 is 16.9 Å². The number of amides is 1. The molecular formula is C14H17N3O2. The molecule has 0 unspecified atom stereocenters. The predicted molar refractivity (Wildman–Crippen MR) is 72.7 cm³/mol. The van der Waals surface area contributed by atoms with E-state index >= 15 is 0 Å². The summed E-state index contributed by atoms with van der Waals surface area (Å²) >= 11 is 0. The molecule has 5 heteroatoms. The fourth-order valence-corrected chi connectivity index (χ4v) is 2.34. The zero-order chi connectivity index (χ0) is 13.6. The molecule has 1 aliphatic carbocycles. The van der Waals surface area contributed by atoms with Crippen LogP contribution in [0.3, 0.4) is 0 Å². The van der Waals surface area contributed by atoms with E-state index in [1.54, 1.807) is 23.2 Å². The number of nitrogens with one attached hydrogen (secondary N) is 1. The highest BCUT2D eigenvalue weighted by Gasteiger charge is 2.29. The molecule has 3 rings (SSSR count). The lowest BCUT2D eigenvalue weighted by atomic mass is 10.2. The van der Waals surface area contributed by atoms with Crippen molar-refractivity contribution in [2.45, 2.75) is 19.4 Å². The van der Waals surface area contributed by atoms with Crippen LogP contribution in [0.1, 0.15) is 18.4 Å². The van der Waals surface area contributed by atoms with Crippen molar-refractivity contribution in [3.8, 4) is 0 Å². The Kier molecular flexibility index (Phi) is 2.69. The van der Waals surface area contributed by atoms with Gasteiger partial charge in [-0.25, -0.2) is 4.79 Å². The molecule has 0 aliphatic heterocycles. The maximum Gasteiger partial charge on any atom is 0.328 e. The summed E-state index contributed by atoms with van der Waals surface area (Å²) in [7, 11) is 3.52. The third kappa shape index (κ3) is 2.05. The molecule has 1 heterocycles. The maximum atomic E-state index is 11.8. The minimum atomic E-state index is -0.0332. The fourth-order valence-electron chi connectivity index (χ4n) is 2.34. The van der Waals surface area contributed by atoms with Crippen LogP contribution in [0, 0.1) is 5.92 Å². The van der Waals surface area contributed by atoms with Crippen molar-refractivity contribution in [3.05, 3.63) is 34.2 Å². The molecule has 1 aromatic carbocycles. The minimum Gasteiger partial charge on any atom is -0.352 e. The van der Waals surface area contributed by atoms with Crippen LogP contribution in [0.15, 0.2) is 23.0 Å². The molecule has 0 bridgehead atoms. The van der Waals surface area contributed by atoms with Crippen molar-refractivity contribution < 1.29 is 4.79 Å². The number of aryl methyl sites for hydroxylation is 2. The highest BCUT2D eigenvalue weighted by atomic mass is 16.2. The molecule has 19 heavy (non-hydrogen) atoms. The van der Waals surface area contributed by atoms with Crippen LogP contribution in [0.25, 0.3) is 11.0 Å². The monoisotopic (exact) mass is 259 g/mol. The molecule has 1 amide bonds. The van der Waals surface area contributed by atoms with Gasteiger partial charge in [-0.15, -0.1) is 0 Å². The lowest BCUT2D eigenvalue weighted by Crippen LogP contribution is -2.24. The molecule has 1 aromatic heterocycles. The second kappa shape index (κ2) is 4.26. The standard InChI is InChI=1S/C14H17N3O2/c1-16-11-6-3-9(7-12(11)17(2)14(16)19)8-15-13(18)10-4-5-10/h3,6-7,10H,4-5,8H2,1-2H3,(H,15,18). The first-order valence-corrected chi connectivity index (χ1v) is 6.50. The minimum absolute atomic E-state index is 0.0332. The quantitative estimate of drug-likeness (QED) is 0.890. The van der Waals surface area contributed by atoms with Gasteiger partial charge in [0.2, 0.25) is 5.91 Å². The molecule has 0 spiro atoms. The van der Waals surface area contributed by atoms with Crippen LogP contribution in [-0.4, -0.2) is 15.0 Å². The average molecular weight is 259 g/mol. The Hall–Kier alpha value is -2.04. The van der Waals surface area contributed by atoms with Gasteiger partial charge in [-0.2, -0.15) is 0 Å². The van der Waals surface area contributed by atoms with Gasteiger partial charge in [0.1, 0.15) is 0 Å². The molecule has 100 valence electrons. The van der Waals surface area contributed by atoms with E-state index in [0.717, 1.165) is 29.4 Å². The van der Waals surface area contributed by atoms with Crippen molar-refractivity contribution in [1.29, 1.82) is 0 Å². The number of carbonyl (C=O) groups is 1. The van der Waals surface area contributed by atoms with E-state index in [1.165, 1.54) is 0 Å². The van der Waals surface area contributed by atoms with E-state index in [1.807, 2.05) is 18.2 Å². The fraction of sp³-hybridized carbons (Fsp3) is 0.429. The number of nitrogens with zero attached hydrogens (tertiary/aromatic N) is 2. The average Bonchev–Trinajstić information content (AvgIpc) is 3.23. The number of carbonyl (C=O) groups excluding carboxylic acids is 1. The SMILES string of the molecule is Cn1c(=O)n(C)c2cc(CNC(=O)C3CC3)ccc21. The molecule has 1 saturated carbocycles. The van der Waals surface area contributed by atoms with Crippen molar-refractivity contribution in [2.75, 3.05) is 0 Å². The van der Waals surface area contributed by atoms with E-state index in [2.05, 4.69) is 5.32 Å². The third-order valence-electron chi connectivity index (χ3n) is 3.75. The molecule has 5 nitrogen and oxygen atoms in total. The Morgan fingerprint density at radius 1 is 1.26 bits per heavy atom. The number of rotatable bonds is 3. The topological polar surface area (TPSA) is 56.0 Å². The van der Waals surface area contributed by atoms with E-state index in [9.17, 15) is 9.59 Å². The Morgan fingerprint density at radius 2 is 1.95 bits per heavy atom. The van der Waals surface area contributed by atoms with Gasteiger partial charge < -0.3 is 5.32 Å².